The van der Waals surface area contributed by atoms with Gasteiger partial charge in [0.1, 0.15) is 11.6 Å². The first-order valence-corrected chi connectivity index (χ1v) is 8.18. The van der Waals surface area contributed by atoms with E-state index in [-0.39, 0.29) is 19.1 Å². The van der Waals surface area contributed by atoms with Gasteiger partial charge in [0.05, 0.1) is 5.41 Å². The van der Waals surface area contributed by atoms with E-state index in [2.05, 4.69) is 0 Å². The van der Waals surface area contributed by atoms with E-state index in [0.717, 1.165) is 22.3 Å². The summed E-state index contributed by atoms with van der Waals surface area (Å²) < 4.78 is 26.5. The molecule has 0 saturated heterocycles. The molecule has 0 spiro atoms. The lowest BCUT2D eigenvalue weighted by atomic mass is 9.81. The molecule has 2 nitrogen and oxygen atoms in total. The summed E-state index contributed by atoms with van der Waals surface area (Å²) in [6.07, 6.45) is 0. The van der Waals surface area contributed by atoms with E-state index in [1.54, 1.807) is 50.2 Å². The smallest absolute Gasteiger partial charge is 0.313 e. The normalized spacial score (nSPS) is 11.0. The number of carbonyl (C=O) groups is 1. The number of rotatable bonds is 4. The Morgan fingerprint density at radius 2 is 1.11 bits per heavy atom. The summed E-state index contributed by atoms with van der Waals surface area (Å²) in [5.74, 6) is -1.62. The topological polar surface area (TPSA) is 37.3 Å². The summed E-state index contributed by atoms with van der Waals surface area (Å²) in [4.78, 5) is 11.7. The molecule has 0 radical (unpaired) electrons. The molecule has 0 aromatic heterocycles. The summed E-state index contributed by atoms with van der Waals surface area (Å²) in [5, 5.41) is 9.59. The number of hydrogen-bond acceptors (Lipinski definition) is 1. The minimum absolute atomic E-state index is 0. The molecule has 0 heterocycles. The van der Waals surface area contributed by atoms with Crippen LogP contribution in [0.15, 0.2) is 66.7 Å². The Morgan fingerprint density at radius 3 is 1.44 bits per heavy atom. The molecule has 3 rings (SSSR count). The quantitative estimate of drug-likeness (QED) is 0.587. The van der Waals surface area contributed by atoms with Gasteiger partial charge in [0.2, 0.25) is 0 Å². The number of halogens is 2. The maximum Gasteiger partial charge on any atom is 0.313 e. The van der Waals surface area contributed by atoms with Crippen LogP contribution in [0.1, 0.15) is 26.8 Å². The first-order valence-electron chi connectivity index (χ1n) is 8.18. The van der Waals surface area contributed by atoms with Gasteiger partial charge in [0.25, 0.3) is 0 Å². The second-order valence-electron chi connectivity index (χ2n) is 6.74. The highest BCUT2D eigenvalue weighted by Crippen LogP contribution is 2.34. The highest BCUT2D eigenvalue weighted by molar-refractivity contribution is 5.83. The average molecular weight is 368 g/mol. The monoisotopic (exact) mass is 368 g/mol. The zero-order chi connectivity index (χ0) is 18.9. The molecule has 0 amide bonds. The molecule has 27 heavy (non-hydrogen) atoms. The van der Waals surface area contributed by atoms with E-state index in [1.165, 1.54) is 24.3 Å². The van der Waals surface area contributed by atoms with E-state index >= 15 is 0 Å². The molecule has 0 aliphatic rings. The standard InChI is InChI=1S/C22H18F2O2.CH4/c1-22(2,21(25)26)18-12-16(14-3-7-19(23)8-4-14)11-17(13-18)15-5-9-20(24)10-6-15;/h3-13H,1-2H3,(H,25,26);1H4. The van der Waals surface area contributed by atoms with E-state index < -0.39 is 11.4 Å². The zero-order valence-corrected chi connectivity index (χ0v) is 14.5. The van der Waals surface area contributed by atoms with Crippen molar-refractivity contribution in [3.05, 3.63) is 83.9 Å². The van der Waals surface area contributed by atoms with Crippen molar-refractivity contribution in [3.63, 3.8) is 0 Å². The van der Waals surface area contributed by atoms with Crippen molar-refractivity contribution in [1.82, 2.24) is 0 Å². The fourth-order valence-corrected chi connectivity index (χ4v) is 2.73. The van der Waals surface area contributed by atoms with Gasteiger partial charge in [0, 0.05) is 0 Å². The van der Waals surface area contributed by atoms with Crippen LogP contribution in [0.2, 0.25) is 0 Å². The van der Waals surface area contributed by atoms with Gasteiger partial charge in [-0.1, -0.05) is 31.7 Å². The molecular formula is C23H22F2O2. The van der Waals surface area contributed by atoms with Crippen LogP contribution in [0.25, 0.3) is 22.3 Å². The Labute approximate surface area is 158 Å². The van der Waals surface area contributed by atoms with Crippen LogP contribution >= 0.6 is 0 Å². The highest BCUT2D eigenvalue weighted by atomic mass is 19.1. The van der Waals surface area contributed by atoms with Crippen LogP contribution in [-0.2, 0) is 10.2 Å². The number of carboxylic acid groups (broad SMARTS) is 1. The number of benzene rings is 3. The third-order valence-corrected chi connectivity index (χ3v) is 4.54. The molecular weight excluding hydrogens is 346 g/mol. The zero-order valence-electron chi connectivity index (χ0n) is 14.5. The lowest BCUT2D eigenvalue weighted by Crippen LogP contribution is -2.28. The summed E-state index contributed by atoms with van der Waals surface area (Å²) in [6.45, 7) is 3.26. The second-order valence-corrected chi connectivity index (χ2v) is 6.74. The predicted molar refractivity (Wildman–Crippen MR) is 105 cm³/mol. The maximum atomic E-state index is 13.2. The average Bonchev–Trinajstić information content (AvgIpc) is 2.62. The Balaban J connectivity index is 0.00000261. The summed E-state index contributed by atoms with van der Waals surface area (Å²) in [5.41, 5.74) is 2.61. The lowest BCUT2D eigenvalue weighted by molar-refractivity contribution is -0.142. The molecule has 0 unspecified atom stereocenters. The Morgan fingerprint density at radius 1 is 0.741 bits per heavy atom. The van der Waals surface area contributed by atoms with E-state index in [1.807, 2.05) is 6.07 Å². The van der Waals surface area contributed by atoms with Crippen molar-refractivity contribution in [2.45, 2.75) is 26.7 Å². The Kier molecular flexibility index (Phi) is 5.79. The molecule has 0 aliphatic carbocycles. The fourth-order valence-electron chi connectivity index (χ4n) is 2.73. The number of hydrogen-bond donors (Lipinski definition) is 1. The summed E-state index contributed by atoms with van der Waals surface area (Å²) >= 11 is 0. The minimum Gasteiger partial charge on any atom is -0.481 e. The van der Waals surface area contributed by atoms with Gasteiger partial charge < -0.3 is 5.11 Å². The molecule has 4 heteroatoms. The number of carboxylic acids is 1. The van der Waals surface area contributed by atoms with Crippen molar-refractivity contribution in [2.75, 3.05) is 0 Å². The first kappa shape index (κ1) is 20.3. The molecule has 0 atom stereocenters. The van der Waals surface area contributed by atoms with Crippen molar-refractivity contribution in [2.24, 2.45) is 0 Å². The van der Waals surface area contributed by atoms with Gasteiger partial charge in [-0.15, -0.1) is 0 Å². The molecule has 0 bridgehead atoms. The first-order chi connectivity index (χ1) is 12.3. The Hall–Kier alpha value is -3.01. The van der Waals surface area contributed by atoms with Crippen LogP contribution < -0.4 is 0 Å². The van der Waals surface area contributed by atoms with Crippen LogP contribution in [0, 0.1) is 11.6 Å². The molecule has 0 aliphatic heterocycles. The fraction of sp³-hybridized carbons (Fsp3) is 0.174. The molecule has 3 aromatic carbocycles. The van der Waals surface area contributed by atoms with Gasteiger partial charge in [-0.2, -0.15) is 0 Å². The van der Waals surface area contributed by atoms with Crippen LogP contribution in [-0.4, -0.2) is 11.1 Å². The minimum atomic E-state index is -1.11. The van der Waals surface area contributed by atoms with Crippen LogP contribution in [0.5, 0.6) is 0 Å². The van der Waals surface area contributed by atoms with Gasteiger partial charge in [-0.3, -0.25) is 4.79 Å². The summed E-state index contributed by atoms with van der Waals surface area (Å²) in [6, 6.07) is 17.5. The number of aliphatic carboxylic acids is 1. The highest BCUT2D eigenvalue weighted by Gasteiger charge is 2.30. The Bertz CT molecular complexity index is 879. The van der Waals surface area contributed by atoms with Gasteiger partial charge in [-0.05, 0) is 84.1 Å². The summed E-state index contributed by atoms with van der Waals surface area (Å²) in [7, 11) is 0. The van der Waals surface area contributed by atoms with Crippen molar-refractivity contribution in [1.29, 1.82) is 0 Å². The van der Waals surface area contributed by atoms with Crippen LogP contribution in [0.4, 0.5) is 8.78 Å². The van der Waals surface area contributed by atoms with Gasteiger partial charge in [0.15, 0.2) is 0 Å². The van der Waals surface area contributed by atoms with Crippen molar-refractivity contribution in [3.8, 4) is 22.3 Å². The molecule has 0 fully saturated rings. The maximum absolute atomic E-state index is 13.2. The predicted octanol–water partition coefficient (Wildman–Crippen LogP) is 6.30. The van der Waals surface area contributed by atoms with E-state index in [0.29, 0.717) is 5.56 Å². The third kappa shape index (κ3) is 4.22. The lowest BCUT2D eigenvalue weighted by Gasteiger charge is -2.22. The molecule has 1 N–H and O–H groups in total. The SMILES string of the molecule is C.CC(C)(C(=O)O)c1cc(-c2ccc(F)cc2)cc(-c2ccc(F)cc2)c1. The third-order valence-electron chi connectivity index (χ3n) is 4.54. The van der Waals surface area contributed by atoms with Crippen LogP contribution in [0.3, 0.4) is 0 Å². The largest absolute Gasteiger partial charge is 0.481 e. The van der Waals surface area contributed by atoms with Gasteiger partial charge >= 0.3 is 5.97 Å². The molecule has 0 saturated carbocycles. The van der Waals surface area contributed by atoms with Crippen molar-refractivity contribution >= 4 is 5.97 Å². The van der Waals surface area contributed by atoms with Crippen molar-refractivity contribution < 1.29 is 18.7 Å². The second kappa shape index (κ2) is 7.70. The molecule has 3 aromatic rings. The van der Waals surface area contributed by atoms with E-state index in [4.69, 9.17) is 0 Å². The van der Waals surface area contributed by atoms with E-state index in [9.17, 15) is 18.7 Å². The van der Waals surface area contributed by atoms with Gasteiger partial charge in [-0.25, -0.2) is 8.78 Å². The molecule has 140 valence electrons.